The van der Waals surface area contributed by atoms with Gasteiger partial charge in [0, 0.05) is 34.0 Å². The Balaban J connectivity index is 1.54. The van der Waals surface area contributed by atoms with Crippen molar-refractivity contribution in [3.63, 3.8) is 0 Å². The smallest absolute Gasteiger partial charge is 0.270 e. The molecule has 0 saturated carbocycles. The Hall–Kier alpha value is -4.43. The van der Waals surface area contributed by atoms with Gasteiger partial charge in [0.05, 0.1) is 4.92 Å². The topological polar surface area (TPSA) is 101 Å². The molecule has 1 atom stereocenters. The van der Waals surface area contributed by atoms with Crippen LogP contribution >= 0.6 is 11.8 Å². The fourth-order valence-corrected chi connectivity index (χ4v) is 4.64. The van der Waals surface area contributed by atoms with Crippen molar-refractivity contribution < 1.29 is 14.5 Å². The van der Waals surface area contributed by atoms with E-state index in [-0.39, 0.29) is 17.2 Å². The van der Waals surface area contributed by atoms with E-state index in [9.17, 15) is 19.7 Å². The Morgan fingerprint density at radius 1 is 0.833 bits per heavy atom. The van der Waals surface area contributed by atoms with E-state index in [1.54, 1.807) is 18.2 Å². The number of carbonyl (C=O) groups is 2. The lowest BCUT2D eigenvalue weighted by molar-refractivity contribution is -0.384. The van der Waals surface area contributed by atoms with E-state index >= 15 is 0 Å². The minimum Gasteiger partial charge on any atom is -0.325 e. The molecular formula is C28H23N3O4S. The second-order valence-electron chi connectivity index (χ2n) is 8.00. The van der Waals surface area contributed by atoms with Gasteiger partial charge in [0.2, 0.25) is 5.91 Å². The number of para-hydroxylation sites is 1. The van der Waals surface area contributed by atoms with Crippen LogP contribution in [0.1, 0.15) is 26.7 Å². The number of nitrogens with one attached hydrogen (secondary N) is 2. The first-order valence-corrected chi connectivity index (χ1v) is 12.0. The molecule has 7 nitrogen and oxygen atoms in total. The van der Waals surface area contributed by atoms with Gasteiger partial charge in [-0.25, -0.2) is 0 Å². The predicted octanol–water partition coefficient (Wildman–Crippen LogP) is 6.63. The fraction of sp³-hybridized carbons (Fsp3) is 0.0714. The van der Waals surface area contributed by atoms with Crippen molar-refractivity contribution in [2.75, 3.05) is 10.6 Å². The summed E-state index contributed by atoms with van der Waals surface area (Å²) in [5.74, 6) is -0.621. The summed E-state index contributed by atoms with van der Waals surface area (Å²) in [6.07, 6.45) is 0. The second kappa shape index (κ2) is 11.3. The summed E-state index contributed by atoms with van der Waals surface area (Å²) in [6, 6.07) is 29.8. The molecule has 0 heterocycles. The van der Waals surface area contributed by atoms with Crippen molar-refractivity contribution >= 4 is 40.6 Å². The summed E-state index contributed by atoms with van der Waals surface area (Å²) in [5, 5.41) is 16.3. The minimum absolute atomic E-state index is 0.155. The SMILES string of the molecule is Cc1ccccc1NC(=O)C(Sc1cccc(NC(=O)c2cccc([N+](=O)[O-])c2)c1)c1ccccc1. The zero-order valence-corrected chi connectivity index (χ0v) is 20.2. The van der Waals surface area contributed by atoms with Gasteiger partial charge in [0.15, 0.2) is 0 Å². The monoisotopic (exact) mass is 497 g/mol. The number of nitro groups is 1. The molecular weight excluding hydrogens is 474 g/mol. The van der Waals surface area contributed by atoms with Crippen molar-refractivity contribution in [2.24, 2.45) is 0 Å². The zero-order chi connectivity index (χ0) is 25.5. The van der Waals surface area contributed by atoms with E-state index in [0.29, 0.717) is 5.69 Å². The van der Waals surface area contributed by atoms with Gasteiger partial charge in [-0.2, -0.15) is 0 Å². The van der Waals surface area contributed by atoms with E-state index in [4.69, 9.17) is 0 Å². The second-order valence-corrected chi connectivity index (χ2v) is 9.18. The summed E-state index contributed by atoms with van der Waals surface area (Å²) in [4.78, 5) is 37.3. The van der Waals surface area contributed by atoms with Gasteiger partial charge in [-0.1, -0.05) is 60.7 Å². The summed E-state index contributed by atoms with van der Waals surface area (Å²) in [7, 11) is 0. The highest BCUT2D eigenvalue weighted by atomic mass is 32.2. The Bertz CT molecular complexity index is 1410. The number of rotatable bonds is 8. The number of nitro benzene ring substituents is 1. The standard InChI is InChI=1S/C28H23N3O4S/c1-19-9-5-6-16-25(19)30-28(33)26(20-10-3-2-4-11-20)36-24-15-8-13-22(18-24)29-27(32)21-12-7-14-23(17-21)31(34)35/h2-18,26H,1H3,(H,29,32)(H,30,33). The van der Waals surface area contributed by atoms with E-state index in [1.165, 1.54) is 36.0 Å². The predicted molar refractivity (Wildman–Crippen MR) is 142 cm³/mol. The van der Waals surface area contributed by atoms with Gasteiger partial charge >= 0.3 is 0 Å². The van der Waals surface area contributed by atoms with Gasteiger partial charge in [-0.05, 0) is 48.4 Å². The summed E-state index contributed by atoms with van der Waals surface area (Å²) < 4.78 is 0. The van der Waals surface area contributed by atoms with Crippen molar-refractivity contribution in [1.82, 2.24) is 0 Å². The molecule has 180 valence electrons. The average molecular weight is 498 g/mol. The Morgan fingerprint density at radius 3 is 2.31 bits per heavy atom. The number of nitrogens with zero attached hydrogens (tertiary/aromatic N) is 1. The van der Waals surface area contributed by atoms with E-state index in [0.717, 1.165) is 21.7 Å². The number of aryl methyl sites for hydroxylation is 1. The van der Waals surface area contributed by atoms with Crippen LogP contribution in [0.4, 0.5) is 17.1 Å². The van der Waals surface area contributed by atoms with Crippen LogP contribution in [0.5, 0.6) is 0 Å². The van der Waals surface area contributed by atoms with Crippen LogP contribution in [0, 0.1) is 17.0 Å². The lowest BCUT2D eigenvalue weighted by Gasteiger charge is -2.18. The largest absolute Gasteiger partial charge is 0.325 e. The molecule has 2 amide bonds. The van der Waals surface area contributed by atoms with Gasteiger partial charge < -0.3 is 10.6 Å². The minimum atomic E-state index is -0.542. The molecule has 0 fully saturated rings. The van der Waals surface area contributed by atoms with Crippen molar-refractivity contribution in [3.05, 3.63) is 130 Å². The first-order valence-electron chi connectivity index (χ1n) is 11.1. The van der Waals surface area contributed by atoms with Crippen molar-refractivity contribution in [3.8, 4) is 0 Å². The van der Waals surface area contributed by atoms with E-state index < -0.39 is 16.1 Å². The van der Waals surface area contributed by atoms with Crippen molar-refractivity contribution in [2.45, 2.75) is 17.1 Å². The van der Waals surface area contributed by atoms with E-state index in [1.807, 2.05) is 67.6 Å². The third kappa shape index (κ3) is 6.17. The highest BCUT2D eigenvalue weighted by Crippen LogP contribution is 2.37. The summed E-state index contributed by atoms with van der Waals surface area (Å²) in [6.45, 7) is 1.94. The maximum atomic E-state index is 13.3. The van der Waals surface area contributed by atoms with Crippen LogP contribution in [-0.4, -0.2) is 16.7 Å². The third-order valence-corrected chi connectivity index (χ3v) is 6.66. The molecule has 4 aromatic carbocycles. The number of thioether (sulfide) groups is 1. The van der Waals surface area contributed by atoms with Gasteiger partial charge in [0.1, 0.15) is 5.25 Å². The number of carbonyl (C=O) groups excluding carboxylic acids is 2. The van der Waals surface area contributed by atoms with Crippen LogP contribution in [0.2, 0.25) is 0 Å². The number of hydrogen-bond donors (Lipinski definition) is 2. The molecule has 0 aliphatic carbocycles. The highest BCUT2D eigenvalue weighted by molar-refractivity contribution is 8.00. The van der Waals surface area contributed by atoms with Gasteiger partial charge in [-0.15, -0.1) is 11.8 Å². The summed E-state index contributed by atoms with van der Waals surface area (Å²) >= 11 is 1.37. The molecule has 0 radical (unpaired) electrons. The van der Waals surface area contributed by atoms with E-state index in [2.05, 4.69) is 10.6 Å². The zero-order valence-electron chi connectivity index (χ0n) is 19.4. The number of amides is 2. The maximum absolute atomic E-state index is 13.3. The molecule has 0 saturated heterocycles. The number of hydrogen-bond acceptors (Lipinski definition) is 5. The molecule has 2 N–H and O–H groups in total. The molecule has 0 bridgehead atoms. The Labute approximate surface area is 212 Å². The number of anilines is 2. The average Bonchev–Trinajstić information content (AvgIpc) is 2.89. The highest BCUT2D eigenvalue weighted by Gasteiger charge is 2.23. The van der Waals surface area contributed by atoms with Crippen LogP contribution in [-0.2, 0) is 4.79 Å². The molecule has 4 rings (SSSR count). The molecule has 0 aliphatic heterocycles. The first kappa shape index (κ1) is 24.7. The molecule has 4 aromatic rings. The first-order chi connectivity index (χ1) is 17.4. The van der Waals surface area contributed by atoms with Crippen LogP contribution in [0.15, 0.2) is 108 Å². The summed E-state index contributed by atoms with van der Waals surface area (Å²) in [5.41, 5.74) is 3.11. The normalized spacial score (nSPS) is 11.4. The number of benzene rings is 4. The van der Waals surface area contributed by atoms with Gasteiger partial charge in [-0.3, -0.25) is 19.7 Å². The molecule has 1 unspecified atom stereocenters. The van der Waals surface area contributed by atoms with Gasteiger partial charge in [0.25, 0.3) is 11.6 Å². The molecule has 0 aliphatic rings. The number of non-ortho nitro benzene ring substituents is 1. The van der Waals surface area contributed by atoms with Crippen molar-refractivity contribution in [1.29, 1.82) is 0 Å². The maximum Gasteiger partial charge on any atom is 0.270 e. The molecule has 0 aromatic heterocycles. The molecule has 0 spiro atoms. The fourth-order valence-electron chi connectivity index (χ4n) is 3.56. The quantitative estimate of drug-likeness (QED) is 0.162. The molecule has 36 heavy (non-hydrogen) atoms. The Morgan fingerprint density at radius 2 is 1.56 bits per heavy atom. The Kier molecular flexibility index (Phi) is 7.77. The third-order valence-electron chi connectivity index (χ3n) is 5.41. The van der Waals surface area contributed by atoms with Crippen LogP contribution in [0.25, 0.3) is 0 Å². The van der Waals surface area contributed by atoms with Crippen LogP contribution in [0.3, 0.4) is 0 Å². The molecule has 8 heteroatoms. The lowest BCUT2D eigenvalue weighted by atomic mass is 10.1. The van der Waals surface area contributed by atoms with Crippen LogP contribution < -0.4 is 10.6 Å². The lowest BCUT2D eigenvalue weighted by Crippen LogP contribution is -2.19.